The number of rotatable bonds is 8. The molecule has 65 heavy (non-hydrogen) atoms. The quantitative estimate of drug-likeness (QED) is 0.153. The van der Waals surface area contributed by atoms with E-state index in [9.17, 15) is 0 Å². The molecular weight excluding hydrogens is 791 g/mol. The first-order chi connectivity index (χ1) is 32.2. The van der Waals surface area contributed by atoms with Gasteiger partial charge in [-0.15, -0.1) is 0 Å². The van der Waals surface area contributed by atoms with Gasteiger partial charge in [0.2, 0.25) is 0 Å². The van der Waals surface area contributed by atoms with Crippen molar-refractivity contribution >= 4 is 32.7 Å². The fraction of sp³-hybridized carbons (Fsp3) is 0. The lowest BCUT2D eigenvalue weighted by atomic mass is 9.91. The van der Waals surface area contributed by atoms with Gasteiger partial charge >= 0.3 is 0 Å². The Morgan fingerprint density at radius 3 is 1.20 bits per heavy atom. The van der Waals surface area contributed by atoms with Crippen LogP contribution in [0.1, 0.15) is 0 Å². The highest BCUT2D eigenvalue weighted by molar-refractivity contribution is 6.10. The van der Waals surface area contributed by atoms with Crippen molar-refractivity contribution in [3.05, 3.63) is 237 Å². The third-order valence-electron chi connectivity index (χ3n) is 12.4. The van der Waals surface area contributed by atoms with Crippen molar-refractivity contribution < 1.29 is 4.42 Å². The maximum atomic E-state index is 6.37. The molecule has 0 amide bonds. The fourth-order valence-electron chi connectivity index (χ4n) is 9.15. The molecule has 12 rings (SSSR count). The highest BCUT2D eigenvalue weighted by Crippen LogP contribution is 2.40. The van der Waals surface area contributed by atoms with E-state index in [0.29, 0.717) is 17.5 Å². The van der Waals surface area contributed by atoms with E-state index in [1.165, 1.54) is 21.9 Å². The van der Waals surface area contributed by atoms with Gasteiger partial charge in [0.05, 0.1) is 0 Å². The Bertz CT molecular complexity index is 3670. The number of hydrogen-bond donors (Lipinski definition) is 0. The van der Waals surface area contributed by atoms with Gasteiger partial charge in [0.15, 0.2) is 17.5 Å². The summed E-state index contributed by atoms with van der Waals surface area (Å²) in [5, 5.41) is 4.66. The summed E-state index contributed by atoms with van der Waals surface area (Å²) in [5.41, 5.74) is 15.9. The van der Waals surface area contributed by atoms with Gasteiger partial charge in [0, 0.05) is 33.0 Å². The molecule has 0 fully saturated rings. The van der Waals surface area contributed by atoms with E-state index in [2.05, 4.69) is 206 Å². The average molecular weight is 830 g/mol. The van der Waals surface area contributed by atoms with Crippen LogP contribution in [0.2, 0.25) is 0 Å². The third kappa shape index (κ3) is 7.04. The predicted molar refractivity (Wildman–Crippen MR) is 268 cm³/mol. The van der Waals surface area contributed by atoms with Crippen molar-refractivity contribution in [2.24, 2.45) is 0 Å². The monoisotopic (exact) mass is 829 g/mol. The normalized spacial score (nSPS) is 11.4. The van der Waals surface area contributed by atoms with Crippen LogP contribution in [0.3, 0.4) is 0 Å². The van der Waals surface area contributed by atoms with Crippen LogP contribution in [0.25, 0.3) is 123 Å². The molecule has 4 heteroatoms. The van der Waals surface area contributed by atoms with Crippen LogP contribution in [-0.2, 0) is 0 Å². The van der Waals surface area contributed by atoms with Crippen molar-refractivity contribution in [1.29, 1.82) is 0 Å². The number of aromatic nitrogens is 3. The zero-order valence-electron chi connectivity index (χ0n) is 35.3. The predicted octanol–water partition coefficient (Wildman–Crippen LogP) is 16.3. The van der Waals surface area contributed by atoms with E-state index < -0.39 is 0 Å². The van der Waals surface area contributed by atoms with Crippen LogP contribution in [-0.4, -0.2) is 15.0 Å². The molecule has 0 spiro atoms. The summed E-state index contributed by atoms with van der Waals surface area (Å²) < 4.78 is 6.37. The fourth-order valence-corrected chi connectivity index (χ4v) is 9.15. The smallest absolute Gasteiger partial charge is 0.164 e. The number of para-hydroxylation sites is 2. The Labute approximate surface area is 376 Å². The summed E-state index contributed by atoms with van der Waals surface area (Å²) in [6, 6.07) is 82.9. The van der Waals surface area contributed by atoms with Gasteiger partial charge in [0.25, 0.3) is 0 Å². The minimum Gasteiger partial charge on any atom is -0.455 e. The summed E-state index contributed by atoms with van der Waals surface area (Å²) in [6.45, 7) is 0. The highest BCUT2D eigenvalue weighted by atomic mass is 16.3. The molecule has 304 valence electrons. The summed E-state index contributed by atoms with van der Waals surface area (Å²) in [6.07, 6.45) is 0. The number of fused-ring (bicyclic) bond motifs is 4. The Hall–Kier alpha value is -8.73. The van der Waals surface area contributed by atoms with Crippen LogP contribution in [0.4, 0.5) is 0 Å². The van der Waals surface area contributed by atoms with Gasteiger partial charge in [-0.1, -0.05) is 231 Å². The second kappa shape index (κ2) is 16.2. The van der Waals surface area contributed by atoms with E-state index in [1.807, 2.05) is 30.3 Å². The minimum atomic E-state index is 0.617. The van der Waals surface area contributed by atoms with Crippen LogP contribution in [0, 0.1) is 0 Å². The van der Waals surface area contributed by atoms with E-state index in [-0.39, 0.29) is 0 Å². The molecular formula is C61H39N3O. The lowest BCUT2D eigenvalue weighted by Crippen LogP contribution is -2.01. The molecule has 0 aliphatic rings. The van der Waals surface area contributed by atoms with Gasteiger partial charge in [-0.05, 0) is 66.9 Å². The topological polar surface area (TPSA) is 51.8 Å². The van der Waals surface area contributed by atoms with E-state index in [0.717, 1.165) is 83.1 Å². The van der Waals surface area contributed by atoms with Crippen molar-refractivity contribution in [3.8, 4) is 89.8 Å². The summed E-state index contributed by atoms with van der Waals surface area (Å²) in [5.74, 6) is 1.87. The summed E-state index contributed by atoms with van der Waals surface area (Å²) in [7, 11) is 0. The average Bonchev–Trinajstić information content (AvgIpc) is 3.78. The van der Waals surface area contributed by atoms with E-state index in [1.54, 1.807) is 0 Å². The molecule has 2 aromatic heterocycles. The van der Waals surface area contributed by atoms with Crippen molar-refractivity contribution in [2.45, 2.75) is 0 Å². The molecule has 10 aromatic carbocycles. The summed E-state index contributed by atoms with van der Waals surface area (Å²) >= 11 is 0. The number of nitrogens with zero attached hydrogens (tertiary/aromatic N) is 3. The van der Waals surface area contributed by atoms with Crippen LogP contribution >= 0.6 is 0 Å². The van der Waals surface area contributed by atoms with Gasteiger partial charge in [-0.2, -0.15) is 0 Å². The van der Waals surface area contributed by atoms with Crippen LogP contribution in [0.15, 0.2) is 241 Å². The molecule has 0 radical (unpaired) electrons. The second-order valence-electron chi connectivity index (χ2n) is 16.3. The molecule has 0 aliphatic heterocycles. The Kier molecular flexibility index (Phi) is 9.46. The number of furan rings is 1. The first-order valence-electron chi connectivity index (χ1n) is 21.9. The zero-order valence-corrected chi connectivity index (χ0v) is 35.3. The molecule has 0 bridgehead atoms. The Balaban J connectivity index is 0.899. The SMILES string of the molecule is c1ccc(-c2ccc(-c3nc(-c4ccc(-c5ccc(-c6ccc(-c7cccc8c7oc7ccccc78)cc6)c6ccccc56)cc4)nc(-c4ccccc4-c4ccccc4)n3)cc2)cc1. The molecule has 2 heterocycles. The Morgan fingerprint density at radius 2 is 0.600 bits per heavy atom. The molecule has 12 aromatic rings. The molecule has 0 atom stereocenters. The van der Waals surface area contributed by atoms with Crippen molar-refractivity contribution in [3.63, 3.8) is 0 Å². The molecule has 0 unspecified atom stereocenters. The highest BCUT2D eigenvalue weighted by Gasteiger charge is 2.18. The standard InChI is InChI=1S/C61H39N3O/c1-3-14-40(15-4-1)41-26-34-46(35-27-41)59-62-60(64-61(63-59)56-22-10-7-18-48(56)42-16-5-2-6-17-42)47-36-32-44(33-37-47)50-39-38-49(52-19-8-9-20-53(50)52)43-28-30-45(31-29-43)51-23-13-24-55-54-21-11-12-25-57(54)65-58(51)55/h1-39H. The molecule has 0 saturated carbocycles. The molecule has 0 aliphatic carbocycles. The Morgan fingerprint density at radius 1 is 0.215 bits per heavy atom. The van der Waals surface area contributed by atoms with Crippen LogP contribution < -0.4 is 0 Å². The van der Waals surface area contributed by atoms with Crippen LogP contribution in [0.5, 0.6) is 0 Å². The largest absolute Gasteiger partial charge is 0.455 e. The number of benzene rings is 10. The molecule has 0 N–H and O–H groups in total. The van der Waals surface area contributed by atoms with Crippen molar-refractivity contribution in [2.75, 3.05) is 0 Å². The second-order valence-corrected chi connectivity index (χ2v) is 16.3. The summed E-state index contributed by atoms with van der Waals surface area (Å²) in [4.78, 5) is 15.4. The lowest BCUT2D eigenvalue weighted by Gasteiger charge is -2.14. The van der Waals surface area contributed by atoms with E-state index in [4.69, 9.17) is 19.4 Å². The molecule has 4 nitrogen and oxygen atoms in total. The van der Waals surface area contributed by atoms with Gasteiger partial charge in [0.1, 0.15) is 11.2 Å². The molecule has 0 saturated heterocycles. The maximum Gasteiger partial charge on any atom is 0.164 e. The first-order valence-corrected chi connectivity index (χ1v) is 21.9. The van der Waals surface area contributed by atoms with Crippen molar-refractivity contribution in [1.82, 2.24) is 15.0 Å². The first kappa shape index (κ1) is 38.0. The van der Waals surface area contributed by atoms with E-state index >= 15 is 0 Å². The zero-order chi connectivity index (χ0) is 43.1. The van der Waals surface area contributed by atoms with Gasteiger partial charge in [-0.25, -0.2) is 15.0 Å². The number of hydrogen-bond acceptors (Lipinski definition) is 4. The van der Waals surface area contributed by atoms with Gasteiger partial charge < -0.3 is 4.42 Å². The maximum absolute atomic E-state index is 6.37. The minimum absolute atomic E-state index is 0.617. The third-order valence-corrected chi connectivity index (χ3v) is 12.4. The van der Waals surface area contributed by atoms with Gasteiger partial charge in [-0.3, -0.25) is 0 Å². The lowest BCUT2D eigenvalue weighted by molar-refractivity contribution is 0.670.